The number of amides is 3. The van der Waals surface area contributed by atoms with E-state index in [4.69, 9.17) is 10.00 Å². The monoisotopic (exact) mass is 872 g/mol. The summed E-state index contributed by atoms with van der Waals surface area (Å²) in [5, 5.41) is 14.5. The number of rotatable bonds is 16. The molecule has 3 aliphatic rings. The van der Waals surface area contributed by atoms with Gasteiger partial charge in [-0.15, -0.1) is 0 Å². The van der Waals surface area contributed by atoms with Gasteiger partial charge in [-0.25, -0.2) is 4.98 Å². The van der Waals surface area contributed by atoms with Gasteiger partial charge in [-0.2, -0.15) is 18.4 Å². The molecule has 0 aliphatic carbocycles. The number of piperidine rings is 3. The number of nitrogens with zero attached hydrogens (tertiary/aromatic N) is 6. The fourth-order valence-electron chi connectivity index (χ4n) is 8.77. The Morgan fingerprint density at radius 2 is 1.60 bits per heavy atom. The Bertz CT molecular complexity index is 2120. The Hall–Kier alpha value is -6.02. The largest absolute Gasteiger partial charge is 0.489 e. The molecule has 1 atom stereocenters. The minimum atomic E-state index is -4.63. The first-order chi connectivity index (χ1) is 30.3. The van der Waals surface area contributed by atoms with Crippen LogP contribution < -0.4 is 25.2 Å². The zero-order valence-corrected chi connectivity index (χ0v) is 35.7. The lowest BCUT2D eigenvalue weighted by molar-refractivity contribution is -0.137. The van der Waals surface area contributed by atoms with Crippen molar-refractivity contribution >= 4 is 47.5 Å². The summed E-state index contributed by atoms with van der Waals surface area (Å²) in [6, 6.07) is 13.2. The topological polar surface area (TPSA) is 168 Å². The van der Waals surface area contributed by atoms with E-state index in [2.05, 4.69) is 25.4 Å². The number of nitriles is 1. The van der Waals surface area contributed by atoms with Crippen LogP contribution in [0.1, 0.15) is 89.6 Å². The van der Waals surface area contributed by atoms with Crippen molar-refractivity contribution in [3.8, 4) is 11.8 Å². The Morgan fingerprint density at radius 1 is 0.937 bits per heavy atom. The Balaban J connectivity index is 0.885. The van der Waals surface area contributed by atoms with E-state index >= 15 is 0 Å². The highest BCUT2D eigenvalue weighted by atomic mass is 19.4. The van der Waals surface area contributed by atoms with E-state index in [0.29, 0.717) is 61.7 Å². The van der Waals surface area contributed by atoms with Crippen LogP contribution in [0, 0.1) is 23.2 Å². The number of aldehydes is 2. The Kier molecular flexibility index (Phi) is 15.8. The summed E-state index contributed by atoms with van der Waals surface area (Å²) >= 11 is 0. The third kappa shape index (κ3) is 11.9. The predicted molar refractivity (Wildman–Crippen MR) is 231 cm³/mol. The third-order valence-electron chi connectivity index (χ3n) is 12.6. The van der Waals surface area contributed by atoms with Gasteiger partial charge in [-0.3, -0.25) is 19.2 Å². The van der Waals surface area contributed by atoms with Crippen molar-refractivity contribution in [1.29, 1.82) is 5.26 Å². The van der Waals surface area contributed by atoms with Crippen molar-refractivity contribution in [3.63, 3.8) is 0 Å². The maximum Gasteiger partial charge on any atom is 0.417 e. The number of pyridine rings is 1. The van der Waals surface area contributed by atoms with Crippen LogP contribution in [-0.4, -0.2) is 117 Å². The molecule has 0 bridgehead atoms. The van der Waals surface area contributed by atoms with E-state index in [0.717, 1.165) is 76.6 Å². The van der Waals surface area contributed by atoms with Gasteiger partial charge in [0, 0.05) is 82.6 Å². The van der Waals surface area contributed by atoms with E-state index in [-0.39, 0.29) is 47.8 Å². The van der Waals surface area contributed by atoms with Crippen LogP contribution in [0.5, 0.6) is 5.75 Å². The molecule has 0 saturated carbocycles. The summed E-state index contributed by atoms with van der Waals surface area (Å²) < 4.78 is 46.6. The van der Waals surface area contributed by atoms with Crippen LogP contribution in [0.2, 0.25) is 0 Å². The van der Waals surface area contributed by atoms with Crippen LogP contribution in [0.15, 0.2) is 54.7 Å². The molecule has 336 valence electrons. The molecular weight excluding hydrogens is 818 g/mol. The summed E-state index contributed by atoms with van der Waals surface area (Å²) in [6.45, 7) is 5.34. The SMILES string of the molecule is CNC(=O)C(CCC=O)N(C)C(=O)c1ccc(N2CCC(CCN3CCC(Oc4ccc(NC(=O)C5CCN(c6ccc(C#N)c(C(F)(F)F)c6)CC5)nc4)CC3)CC2)cc1C=O. The van der Waals surface area contributed by atoms with E-state index in [1.54, 1.807) is 41.4 Å². The van der Waals surface area contributed by atoms with Gasteiger partial charge in [-0.1, -0.05) is 0 Å². The van der Waals surface area contributed by atoms with Gasteiger partial charge in [0.2, 0.25) is 11.8 Å². The summed E-state index contributed by atoms with van der Waals surface area (Å²) in [4.78, 5) is 74.1. The van der Waals surface area contributed by atoms with Gasteiger partial charge in [0.05, 0.1) is 29.0 Å². The number of likely N-dealkylation sites (N-methyl/N-ethyl adjacent to an activating group) is 2. The highest BCUT2D eigenvalue weighted by molar-refractivity contribution is 6.03. The number of alkyl halides is 3. The molecule has 4 heterocycles. The smallest absolute Gasteiger partial charge is 0.417 e. The van der Waals surface area contributed by atoms with E-state index < -0.39 is 29.3 Å². The average molecular weight is 873 g/mol. The molecule has 0 radical (unpaired) electrons. The van der Waals surface area contributed by atoms with Crippen molar-refractivity contribution in [2.45, 2.75) is 76.1 Å². The summed E-state index contributed by atoms with van der Waals surface area (Å²) in [7, 11) is 2.98. The molecule has 14 nitrogen and oxygen atoms in total. The molecule has 0 spiro atoms. The average Bonchev–Trinajstić information content (AvgIpc) is 3.31. The van der Waals surface area contributed by atoms with Gasteiger partial charge < -0.3 is 39.8 Å². The van der Waals surface area contributed by atoms with Crippen molar-refractivity contribution < 1.29 is 41.9 Å². The van der Waals surface area contributed by atoms with Crippen LogP contribution in [-0.2, 0) is 20.6 Å². The first kappa shape index (κ1) is 46.5. The normalized spacial score (nSPS) is 17.3. The third-order valence-corrected chi connectivity index (χ3v) is 12.6. The highest BCUT2D eigenvalue weighted by Gasteiger charge is 2.35. The number of likely N-dealkylation sites (tertiary alicyclic amines) is 1. The molecule has 17 heteroatoms. The second-order valence-electron chi connectivity index (χ2n) is 16.5. The van der Waals surface area contributed by atoms with Gasteiger partial charge in [0.1, 0.15) is 30.0 Å². The number of ether oxygens (including phenoxy) is 1. The fraction of sp³-hybridized carbons (Fsp3) is 0.500. The summed E-state index contributed by atoms with van der Waals surface area (Å²) in [5.74, 6) is 0.265. The number of benzene rings is 2. The van der Waals surface area contributed by atoms with Gasteiger partial charge >= 0.3 is 6.18 Å². The minimum Gasteiger partial charge on any atom is -0.489 e. The van der Waals surface area contributed by atoms with E-state index in [1.807, 2.05) is 6.07 Å². The fourth-order valence-corrected chi connectivity index (χ4v) is 8.77. The molecule has 2 aromatic carbocycles. The number of hydrogen-bond donors (Lipinski definition) is 2. The van der Waals surface area contributed by atoms with Crippen LogP contribution in [0.4, 0.5) is 30.4 Å². The molecule has 63 heavy (non-hydrogen) atoms. The van der Waals surface area contributed by atoms with Crippen LogP contribution >= 0.6 is 0 Å². The van der Waals surface area contributed by atoms with E-state index in [9.17, 15) is 37.1 Å². The van der Waals surface area contributed by atoms with Crippen LogP contribution in [0.3, 0.4) is 0 Å². The van der Waals surface area contributed by atoms with E-state index in [1.165, 1.54) is 31.1 Å². The number of carbonyl (C=O) groups is 5. The zero-order valence-electron chi connectivity index (χ0n) is 35.7. The maximum atomic E-state index is 13.5. The molecule has 6 rings (SSSR count). The Labute approximate surface area is 365 Å². The Morgan fingerprint density at radius 3 is 2.21 bits per heavy atom. The second kappa shape index (κ2) is 21.4. The molecule has 3 aromatic rings. The van der Waals surface area contributed by atoms with Crippen LogP contribution in [0.25, 0.3) is 0 Å². The zero-order chi connectivity index (χ0) is 45.1. The lowest BCUT2D eigenvalue weighted by Crippen LogP contribution is -2.47. The van der Waals surface area contributed by atoms with Crippen molar-refractivity contribution in [3.05, 3.63) is 77.0 Å². The number of nitrogens with one attached hydrogen (secondary N) is 2. The molecule has 3 aliphatic heterocycles. The molecular formula is C46H55F3N8O6. The van der Waals surface area contributed by atoms with Crippen molar-refractivity contribution in [1.82, 2.24) is 20.1 Å². The number of carbonyl (C=O) groups excluding carboxylic acids is 5. The number of anilines is 3. The lowest BCUT2D eigenvalue weighted by atomic mass is 9.92. The molecule has 3 saturated heterocycles. The maximum absolute atomic E-state index is 13.5. The summed E-state index contributed by atoms with van der Waals surface area (Å²) in [6.07, 6.45) is 4.54. The predicted octanol–water partition coefficient (Wildman–Crippen LogP) is 5.96. The number of halogens is 3. The second-order valence-corrected chi connectivity index (χ2v) is 16.5. The summed E-state index contributed by atoms with van der Waals surface area (Å²) in [5.41, 5.74) is 0.346. The number of hydrogen-bond acceptors (Lipinski definition) is 11. The first-order valence-electron chi connectivity index (χ1n) is 21.6. The highest BCUT2D eigenvalue weighted by Crippen LogP contribution is 2.36. The molecule has 2 N–H and O–H groups in total. The molecule has 1 unspecified atom stereocenters. The quantitative estimate of drug-likeness (QED) is 0.163. The van der Waals surface area contributed by atoms with Crippen molar-refractivity contribution in [2.24, 2.45) is 11.8 Å². The molecule has 3 amide bonds. The minimum absolute atomic E-state index is 0.0540. The van der Waals surface area contributed by atoms with Gasteiger partial charge in [-0.05, 0) is 112 Å². The van der Waals surface area contributed by atoms with Gasteiger partial charge in [0.25, 0.3) is 5.91 Å². The molecule has 3 fully saturated rings. The van der Waals surface area contributed by atoms with Gasteiger partial charge in [0.15, 0.2) is 6.29 Å². The standard InChI is InChI=1S/C46H55F3N8O6/c1-51-44(61)41(4-3-25-58)54(2)45(62)39-9-7-35(26-34(39)30-59)56-21-12-31(13-22-56)11-18-55-19-16-37(17-20-55)63-38-8-10-42(52-29-38)53-43(60)32-14-23-57(24-15-32)36-6-5-33(28-50)40(27-36)46(47,48)49/h5-10,25-27,29-32,37,41H,3-4,11-24H2,1-2H3,(H,51,61)(H,52,53,60). The van der Waals surface area contributed by atoms with Crippen molar-refractivity contribution in [2.75, 3.05) is 75.0 Å². The number of aromatic nitrogens is 1. The molecule has 1 aromatic heterocycles. The first-order valence-corrected chi connectivity index (χ1v) is 21.6. The lowest BCUT2D eigenvalue weighted by Gasteiger charge is -2.36.